The SMILES string of the molecule is CN(C)Cc1cc(C=O)cc(CO)c1O. The molecule has 1 rings (SSSR count). The molecule has 0 fully saturated rings. The molecule has 0 radical (unpaired) electrons. The van der Waals surface area contributed by atoms with Gasteiger partial charge in [0.2, 0.25) is 0 Å². The maximum atomic E-state index is 10.6. The van der Waals surface area contributed by atoms with Gasteiger partial charge in [0.25, 0.3) is 0 Å². The number of aliphatic hydroxyl groups is 1. The van der Waals surface area contributed by atoms with Crippen molar-refractivity contribution in [3.63, 3.8) is 0 Å². The van der Waals surface area contributed by atoms with Crippen molar-refractivity contribution in [1.82, 2.24) is 4.90 Å². The normalized spacial score (nSPS) is 10.7. The van der Waals surface area contributed by atoms with Gasteiger partial charge in [-0.15, -0.1) is 0 Å². The average molecular weight is 209 g/mol. The van der Waals surface area contributed by atoms with E-state index in [9.17, 15) is 9.90 Å². The first kappa shape index (κ1) is 11.7. The van der Waals surface area contributed by atoms with Crippen LogP contribution in [-0.2, 0) is 13.2 Å². The predicted octanol–water partition coefficient (Wildman–Crippen LogP) is 0.759. The highest BCUT2D eigenvalue weighted by Crippen LogP contribution is 2.25. The predicted molar refractivity (Wildman–Crippen MR) is 56.8 cm³/mol. The van der Waals surface area contributed by atoms with Crippen LogP contribution in [0.15, 0.2) is 12.1 Å². The van der Waals surface area contributed by atoms with Crippen LogP contribution < -0.4 is 0 Å². The summed E-state index contributed by atoms with van der Waals surface area (Å²) in [6, 6.07) is 3.11. The highest BCUT2D eigenvalue weighted by atomic mass is 16.3. The van der Waals surface area contributed by atoms with Crippen molar-refractivity contribution in [1.29, 1.82) is 0 Å². The molecule has 15 heavy (non-hydrogen) atoms. The third-order valence-corrected chi connectivity index (χ3v) is 2.08. The molecule has 1 aromatic rings. The molecule has 0 saturated heterocycles. The molecule has 0 aromatic heterocycles. The van der Waals surface area contributed by atoms with Crippen LogP contribution in [0.1, 0.15) is 21.5 Å². The van der Waals surface area contributed by atoms with Crippen molar-refractivity contribution in [3.8, 4) is 5.75 Å². The second-order valence-corrected chi connectivity index (χ2v) is 3.70. The van der Waals surface area contributed by atoms with Crippen LogP contribution in [0.5, 0.6) is 5.75 Å². The zero-order valence-corrected chi connectivity index (χ0v) is 8.90. The molecule has 4 heteroatoms. The van der Waals surface area contributed by atoms with E-state index in [0.29, 0.717) is 29.5 Å². The van der Waals surface area contributed by atoms with Crippen molar-refractivity contribution >= 4 is 6.29 Å². The standard InChI is InChI=1S/C11H15NO3/c1-12(2)5-9-3-8(6-13)4-10(7-14)11(9)15/h3-4,6,14-15H,5,7H2,1-2H3. The molecule has 2 N–H and O–H groups in total. The van der Waals surface area contributed by atoms with E-state index in [1.54, 1.807) is 6.07 Å². The maximum Gasteiger partial charge on any atom is 0.150 e. The second kappa shape index (κ2) is 4.91. The molecule has 0 atom stereocenters. The first-order chi connectivity index (χ1) is 7.08. The van der Waals surface area contributed by atoms with Gasteiger partial charge in [-0.25, -0.2) is 0 Å². The number of nitrogens with zero attached hydrogens (tertiary/aromatic N) is 1. The van der Waals surface area contributed by atoms with Crippen LogP contribution in [0, 0.1) is 0 Å². The van der Waals surface area contributed by atoms with Crippen molar-refractivity contribution < 1.29 is 15.0 Å². The number of hydrogen-bond acceptors (Lipinski definition) is 4. The van der Waals surface area contributed by atoms with Gasteiger partial charge in [0.1, 0.15) is 12.0 Å². The molecule has 0 amide bonds. The minimum Gasteiger partial charge on any atom is -0.507 e. The quantitative estimate of drug-likeness (QED) is 0.719. The third-order valence-electron chi connectivity index (χ3n) is 2.08. The van der Waals surface area contributed by atoms with E-state index in [1.807, 2.05) is 19.0 Å². The minimum absolute atomic E-state index is 0.0665. The zero-order chi connectivity index (χ0) is 11.4. The first-order valence-corrected chi connectivity index (χ1v) is 4.64. The fourth-order valence-electron chi connectivity index (χ4n) is 1.44. The largest absolute Gasteiger partial charge is 0.507 e. The number of aliphatic hydroxyl groups excluding tert-OH is 1. The lowest BCUT2D eigenvalue weighted by Gasteiger charge is -2.13. The molecule has 0 aliphatic rings. The van der Waals surface area contributed by atoms with Gasteiger partial charge in [0.15, 0.2) is 0 Å². The number of phenols is 1. The molecular formula is C11H15NO3. The van der Waals surface area contributed by atoms with E-state index >= 15 is 0 Å². The summed E-state index contributed by atoms with van der Waals surface area (Å²) in [5.41, 5.74) is 1.50. The summed E-state index contributed by atoms with van der Waals surface area (Å²) in [5.74, 6) is 0.0665. The van der Waals surface area contributed by atoms with Crippen molar-refractivity contribution in [3.05, 3.63) is 28.8 Å². The number of aldehydes is 1. The van der Waals surface area contributed by atoms with Crippen molar-refractivity contribution in [2.45, 2.75) is 13.2 Å². The minimum atomic E-state index is -0.270. The lowest BCUT2D eigenvalue weighted by Crippen LogP contribution is -2.11. The summed E-state index contributed by atoms with van der Waals surface area (Å²) < 4.78 is 0. The van der Waals surface area contributed by atoms with Gasteiger partial charge < -0.3 is 15.1 Å². The molecule has 1 aromatic carbocycles. The van der Waals surface area contributed by atoms with E-state index in [4.69, 9.17) is 5.11 Å². The van der Waals surface area contributed by atoms with E-state index in [0.717, 1.165) is 0 Å². The van der Waals surface area contributed by atoms with Gasteiger partial charge in [-0.05, 0) is 26.2 Å². The zero-order valence-electron chi connectivity index (χ0n) is 8.90. The van der Waals surface area contributed by atoms with Crippen LogP contribution in [0.25, 0.3) is 0 Å². The molecule has 0 saturated carbocycles. The first-order valence-electron chi connectivity index (χ1n) is 4.64. The van der Waals surface area contributed by atoms with E-state index < -0.39 is 0 Å². The number of carbonyl (C=O) groups is 1. The Morgan fingerprint density at radius 3 is 2.40 bits per heavy atom. The number of aromatic hydroxyl groups is 1. The summed E-state index contributed by atoms with van der Waals surface area (Å²) in [6.07, 6.45) is 0.706. The van der Waals surface area contributed by atoms with Gasteiger partial charge in [-0.3, -0.25) is 4.79 Å². The molecule has 0 unspecified atom stereocenters. The third kappa shape index (κ3) is 2.78. The summed E-state index contributed by atoms with van der Waals surface area (Å²) in [5, 5.41) is 18.8. The highest BCUT2D eigenvalue weighted by Gasteiger charge is 2.09. The Morgan fingerprint density at radius 2 is 1.93 bits per heavy atom. The van der Waals surface area contributed by atoms with Crippen LogP contribution in [0.2, 0.25) is 0 Å². The molecule has 4 nitrogen and oxygen atoms in total. The van der Waals surface area contributed by atoms with Gasteiger partial charge in [-0.2, -0.15) is 0 Å². The number of rotatable bonds is 4. The van der Waals surface area contributed by atoms with Crippen LogP contribution in [0.3, 0.4) is 0 Å². The summed E-state index contributed by atoms with van der Waals surface area (Å²) in [4.78, 5) is 12.5. The van der Waals surface area contributed by atoms with Gasteiger partial charge in [0, 0.05) is 23.2 Å². The fraction of sp³-hybridized carbons (Fsp3) is 0.364. The lowest BCUT2D eigenvalue weighted by molar-refractivity contribution is 0.112. The van der Waals surface area contributed by atoms with Crippen LogP contribution in [-0.4, -0.2) is 35.5 Å². The Kier molecular flexibility index (Phi) is 3.82. The smallest absolute Gasteiger partial charge is 0.150 e. The Labute approximate surface area is 88.8 Å². The summed E-state index contributed by atoms with van der Waals surface area (Å²) >= 11 is 0. The topological polar surface area (TPSA) is 60.8 Å². The van der Waals surface area contributed by atoms with Gasteiger partial charge in [-0.1, -0.05) is 0 Å². The lowest BCUT2D eigenvalue weighted by atomic mass is 10.0. The monoisotopic (exact) mass is 209 g/mol. The molecule has 0 aliphatic carbocycles. The molecule has 0 bridgehead atoms. The van der Waals surface area contributed by atoms with E-state index in [-0.39, 0.29) is 12.4 Å². The van der Waals surface area contributed by atoms with Crippen molar-refractivity contribution in [2.75, 3.05) is 14.1 Å². The number of carbonyl (C=O) groups excluding carboxylic acids is 1. The molecular weight excluding hydrogens is 194 g/mol. The summed E-state index contributed by atoms with van der Waals surface area (Å²) in [6.45, 7) is 0.258. The molecule has 0 spiro atoms. The van der Waals surface area contributed by atoms with Crippen LogP contribution >= 0.6 is 0 Å². The Morgan fingerprint density at radius 1 is 1.33 bits per heavy atom. The Balaban J connectivity index is 3.17. The highest BCUT2D eigenvalue weighted by molar-refractivity contribution is 5.76. The summed E-state index contributed by atoms with van der Waals surface area (Å²) in [7, 11) is 3.73. The average Bonchev–Trinajstić information content (AvgIpc) is 2.20. The Bertz CT molecular complexity index is 361. The number of benzene rings is 1. The van der Waals surface area contributed by atoms with Crippen LogP contribution in [0.4, 0.5) is 0 Å². The second-order valence-electron chi connectivity index (χ2n) is 3.70. The maximum absolute atomic E-state index is 10.6. The molecule has 0 aliphatic heterocycles. The van der Waals surface area contributed by atoms with Gasteiger partial charge in [0.05, 0.1) is 6.61 Å². The molecule has 0 heterocycles. The van der Waals surface area contributed by atoms with E-state index in [1.165, 1.54) is 6.07 Å². The number of hydrogen-bond donors (Lipinski definition) is 2. The van der Waals surface area contributed by atoms with E-state index in [2.05, 4.69) is 0 Å². The van der Waals surface area contributed by atoms with Crippen molar-refractivity contribution in [2.24, 2.45) is 0 Å². The fourth-order valence-corrected chi connectivity index (χ4v) is 1.44. The Hall–Kier alpha value is -1.39. The molecule has 82 valence electrons. The van der Waals surface area contributed by atoms with Gasteiger partial charge >= 0.3 is 0 Å².